The molecule has 0 aliphatic carbocycles. The van der Waals surface area contributed by atoms with Crippen LogP contribution >= 0.6 is 11.6 Å². The smallest absolute Gasteiger partial charge is 0.255 e. The molecule has 3 rings (SSSR count). The van der Waals surface area contributed by atoms with Crippen LogP contribution in [0.5, 0.6) is 11.5 Å². The third-order valence-electron chi connectivity index (χ3n) is 3.91. The Hall–Kier alpha value is -2.20. The Bertz CT molecular complexity index is 781. The maximum Gasteiger partial charge on any atom is 0.255 e. The molecule has 1 aliphatic rings. The number of fused-ring (bicyclic) bond motifs is 1. The molecule has 1 amide bonds. The molecule has 2 aromatic rings. The first kappa shape index (κ1) is 15.7. The summed E-state index contributed by atoms with van der Waals surface area (Å²) in [6.45, 7) is 6.59. The molecule has 2 aromatic carbocycles. The summed E-state index contributed by atoms with van der Waals surface area (Å²) in [4.78, 5) is 14.4. The van der Waals surface area contributed by atoms with E-state index < -0.39 is 0 Å². The van der Waals surface area contributed by atoms with Gasteiger partial charge in [-0.1, -0.05) is 17.7 Å². The summed E-state index contributed by atoms with van der Waals surface area (Å²) in [5.41, 5.74) is 7.61. The van der Waals surface area contributed by atoms with Crippen LogP contribution in [0.2, 0.25) is 5.02 Å². The second kappa shape index (κ2) is 5.46. The highest BCUT2D eigenvalue weighted by atomic mass is 35.5. The van der Waals surface area contributed by atoms with Gasteiger partial charge in [0.2, 0.25) is 0 Å². The number of carbonyl (C=O) groups excluding carboxylic acids is 1. The van der Waals surface area contributed by atoms with E-state index in [2.05, 4.69) is 0 Å². The molecule has 0 spiro atoms. The van der Waals surface area contributed by atoms with Gasteiger partial charge in [0.15, 0.2) is 0 Å². The van der Waals surface area contributed by atoms with Gasteiger partial charge >= 0.3 is 0 Å². The summed E-state index contributed by atoms with van der Waals surface area (Å²) in [7, 11) is 0. The zero-order valence-electron chi connectivity index (χ0n) is 13.4. The van der Waals surface area contributed by atoms with Gasteiger partial charge in [0.25, 0.3) is 5.91 Å². The number of hydrogen-bond acceptors (Lipinski definition) is 3. The lowest BCUT2D eigenvalue weighted by molar-refractivity contribution is 0.0609. The number of hydrogen-bond donors (Lipinski definition) is 1. The van der Waals surface area contributed by atoms with E-state index in [1.54, 1.807) is 18.2 Å². The van der Waals surface area contributed by atoms with Crippen molar-refractivity contribution in [3.8, 4) is 11.5 Å². The Morgan fingerprint density at radius 3 is 2.57 bits per heavy atom. The molecule has 1 heterocycles. The van der Waals surface area contributed by atoms with Crippen molar-refractivity contribution in [2.24, 2.45) is 0 Å². The second-order valence-corrected chi connectivity index (χ2v) is 7.04. The Morgan fingerprint density at radius 1 is 1.17 bits per heavy atom. The summed E-state index contributed by atoms with van der Waals surface area (Å²) < 4.78 is 5.95. The van der Waals surface area contributed by atoms with E-state index in [4.69, 9.17) is 22.1 Å². The fourth-order valence-corrected chi connectivity index (χ4v) is 2.89. The molecular formula is C18H19ClN2O2. The van der Waals surface area contributed by atoms with Gasteiger partial charge in [-0.2, -0.15) is 0 Å². The SMILES string of the molecule is CC(C)(C)N1Cc2c(Oc3ccc(N)cc3Cl)cccc2C1=O. The van der Waals surface area contributed by atoms with Crippen molar-refractivity contribution in [1.29, 1.82) is 0 Å². The van der Waals surface area contributed by atoms with Crippen LogP contribution in [-0.4, -0.2) is 16.3 Å². The maximum absolute atomic E-state index is 12.6. The second-order valence-electron chi connectivity index (χ2n) is 6.64. The normalized spacial score (nSPS) is 14.1. The quantitative estimate of drug-likeness (QED) is 0.826. The molecule has 0 saturated heterocycles. The van der Waals surface area contributed by atoms with Gasteiger partial charge in [-0.3, -0.25) is 4.79 Å². The lowest BCUT2D eigenvalue weighted by atomic mass is 10.1. The molecule has 0 atom stereocenters. The van der Waals surface area contributed by atoms with Crippen molar-refractivity contribution in [1.82, 2.24) is 4.90 Å². The first-order valence-electron chi connectivity index (χ1n) is 7.44. The van der Waals surface area contributed by atoms with E-state index in [0.29, 0.717) is 34.3 Å². The van der Waals surface area contributed by atoms with E-state index in [9.17, 15) is 4.79 Å². The molecule has 0 fully saturated rings. The predicted octanol–water partition coefficient (Wildman–Crippen LogP) is 4.47. The molecular weight excluding hydrogens is 312 g/mol. The van der Waals surface area contributed by atoms with E-state index in [0.717, 1.165) is 5.56 Å². The average molecular weight is 331 g/mol. The van der Waals surface area contributed by atoms with Crippen molar-refractivity contribution in [2.75, 3.05) is 5.73 Å². The average Bonchev–Trinajstić information content (AvgIpc) is 2.80. The predicted molar refractivity (Wildman–Crippen MR) is 92.0 cm³/mol. The standard InChI is InChI=1S/C18H19ClN2O2/c1-18(2,3)21-10-13-12(17(21)22)5-4-6-15(13)23-16-8-7-11(20)9-14(16)19/h4-9H,10,20H2,1-3H3. The Balaban J connectivity index is 1.97. The minimum atomic E-state index is -0.244. The van der Waals surface area contributed by atoms with E-state index in [-0.39, 0.29) is 11.4 Å². The monoisotopic (exact) mass is 330 g/mol. The number of benzene rings is 2. The molecule has 1 aliphatic heterocycles. The number of carbonyl (C=O) groups is 1. The summed E-state index contributed by atoms with van der Waals surface area (Å²) in [5.74, 6) is 1.20. The number of ether oxygens (including phenoxy) is 1. The molecule has 0 bridgehead atoms. The van der Waals surface area contributed by atoms with Gasteiger partial charge < -0.3 is 15.4 Å². The molecule has 4 nitrogen and oxygen atoms in total. The number of anilines is 1. The molecule has 0 saturated carbocycles. The van der Waals surface area contributed by atoms with E-state index >= 15 is 0 Å². The molecule has 5 heteroatoms. The highest BCUT2D eigenvalue weighted by Crippen LogP contribution is 2.38. The summed E-state index contributed by atoms with van der Waals surface area (Å²) >= 11 is 6.18. The Labute approximate surface area is 140 Å². The minimum Gasteiger partial charge on any atom is -0.455 e. The molecule has 0 unspecified atom stereocenters. The number of halogens is 1. The van der Waals surface area contributed by atoms with Gasteiger partial charge in [-0.15, -0.1) is 0 Å². The van der Waals surface area contributed by atoms with Crippen LogP contribution in [0.25, 0.3) is 0 Å². The maximum atomic E-state index is 12.6. The van der Waals surface area contributed by atoms with Crippen LogP contribution in [-0.2, 0) is 6.54 Å². The first-order valence-corrected chi connectivity index (χ1v) is 7.82. The lowest BCUT2D eigenvalue weighted by Gasteiger charge is -2.31. The largest absolute Gasteiger partial charge is 0.455 e. The van der Waals surface area contributed by atoms with Crippen molar-refractivity contribution in [3.05, 3.63) is 52.5 Å². The molecule has 2 N–H and O–H groups in total. The lowest BCUT2D eigenvalue weighted by Crippen LogP contribution is -2.41. The van der Waals surface area contributed by atoms with Crippen LogP contribution in [0.4, 0.5) is 5.69 Å². The fourth-order valence-electron chi connectivity index (χ4n) is 2.66. The van der Waals surface area contributed by atoms with Gasteiger partial charge in [0.1, 0.15) is 11.5 Å². The van der Waals surface area contributed by atoms with Crippen molar-refractivity contribution in [3.63, 3.8) is 0 Å². The van der Waals surface area contributed by atoms with Crippen molar-refractivity contribution >= 4 is 23.2 Å². The Kier molecular flexibility index (Phi) is 3.72. The number of nitrogen functional groups attached to an aromatic ring is 1. The van der Waals surface area contributed by atoms with E-state index in [1.807, 2.05) is 43.9 Å². The number of rotatable bonds is 2. The van der Waals surface area contributed by atoms with Crippen molar-refractivity contribution in [2.45, 2.75) is 32.9 Å². The molecule has 120 valence electrons. The summed E-state index contributed by atoms with van der Waals surface area (Å²) in [5, 5.41) is 0.444. The molecule has 23 heavy (non-hydrogen) atoms. The third-order valence-corrected chi connectivity index (χ3v) is 4.21. The van der Waals surface area contributed by atoms with Gasteiger partial charge in [0, 0.05) is 22.4 Å². The third kappa shape index (κ3) is 2.86. The van der Waals surface area contributed by atoms with E-state index in [1.165, 1.54) is 0 Å². The van der Waals surface area contributed by atoms with Gasteiger partial charge in [0.05, 0.1) is 11.6 Å². The van der Waals surface area contributed by atoms with Crippen molar-refractivity contribution < 1.29 is 9.53 Å². The number of nitrogens with zero attached hydrogens (tertiary/aromatic N) is 1. The number of nitrogens with two attached hydrogens (primary N) is 1. The topological polar surface area (TPSA) is 55.6 Å². The fraction of sp³-hybridized carbons (Fsp3) is 0.278. The zero-order valence-corrected chi connectivity index (χ0v) is 14.1. The summed E-state index contributed by atoms with van der Waals surface area (Å²) in [6.07, 6.45) is 0. The van der Waals surface area contributed by atoms with Crippen LogP contribution in [0.3, 0.4) is 0 Å². The van der Waals surface area contributed by atoms with Gasteiger partial charge in [-0.25, -0.2) is 0 Å². The van der Waals surface area contributed by atoms with Crippen LogP contribution in [0, 0.1) is 0 Å². The first-order chi connectivity index (χ1) is 10.8. The van der Waals surface area contributed by atoms with Crippen LogP contribution in [0.15, 0.2) is 36.4 Å². The zero-order chi connectivity index (χ0) is 16.8. The molecule has 0 radical (unpaired) electrons. The highest BCUT2D eigenvalue weighted by Gasteiger charge is 2.36. The van der Waals surface area contributed by atoms with Gasteiger partial charge in [-0.05, 0) is 51.1 Å². The summed E-state index contributed by atoms with van der Waals surface area (Å²) in [6, 6.07) is 10.6. The molecule has 0 aromatic heterocycles. The number of amides is 1. The minimum absolute atomic E-state index is 0.0290. The Morgan fingerprint density at radius 2 is 1.91 bits per heavy atom. The van der Waals surface area contributed by atoms with Crippen LogP contribution < -0.4 is 10.5 Å². The highest BCUT2D eigenvalue weighted by molar-refractivity contribution is 6.32. The van der Waals surface area contributed by atoms with Crippen LogP contribution in [0.1, 0.15) is 36.7 Å².